The predicted octanol–water partition coefficient (Wildman–Crippen LogP) is 4.53. The molecule has 0 bridgehead atoms. The lowest BCUT2D eigenvalue weighted by atomic mass is 10.0. The Morgan fingerprint density at radius 3 is 2.14 bits per heavy atom. The monoisotopic (exact) mass is 249 g/mol. The maximum atomic E-state index is 5.79. The number of thioether (sulfide) groups is 1. The highest BCUT2D eigenvalue weighted by molar-refractivity contribution is 7.99. The Balaban J connectivity index is 2.68. The van der Waals surface area contributed by atoms with Crippen molar-refractivity contribution in [3.8, 4) is 0 Å². The van der Waals surface area contributed by atoms with Crippen LogP contribution in [0, 0.1) is 5.41 Å². The molecule has 0 aliphatic heterocycles. The smallest absolute Gasteiger partial charge is 0.131 e. The SMILES string of the molecule is CC(C)(C)CSc1cc(Cl)nc(Cl)c1. The lowest BCUT2D eigenvalue weighted by Crippen LogP contribution is -2.07. The summed E-state index contributed by atoms with van der Waals surface area (Å²) in [5.41, 5.74) is 0.299. The minimum atomic E-state index is 0.299. The molecular weight excluding hydrogens is 237 g/mol. The summed E-state index contributed by atoms with van der Waals surface area (Å²) >= 11 is 13.3. The van der Waals surface area contributed by atoms with Crippen LogP contribution >= 0.6 is 35.0 Å². The van der Waals surface area contributed by atoms with E-state index in [1.807, 2.05) is 12.1 Å². The molecule has 1 aromatic heterocycles. The van der Waals surface area contributed by atoms with E-state index in [1.165, 1.54) is 0 Å². The third-order valence-corrected chi connectivity index (χ3v) is 3.37. The standard InChI is InChI=1S/C10H13Cl2NS/c1-10(2,3)6-14-7-4-8(11)13-9(12)5-7/h4-5H,6H2,1-3H3. The van der Waals surface area contributed by atoms with Gasteiger partial charge in [0, 0.05) is 10.6 Å². The van der Waals surface area contributed by atoms with Crippen LogP contribution in [0.4, 0.5) is 0 Å². The van der Waals surface area contributed by atoms with Crippen molar-refractivity contribution in [3.05, 3.63) is 22.4 Å². The molecule has 78 valence electrons. The molecule has 0 aliphatic rings. The van der Waals surface area contributed by atoms with Crippen LogP contribution in [0.25, 0.3) is 0 Å². The van der Waals surface area contributed by atoms with Crippen LogP contribution in [-0.4, -0.2) is 10.7 Å². The van der Waals surface area contributed by atoms with Crippen LogP contribution in [0.2, 0.25) is 10.3 Å². The van der Waals surface area contributed by atoms with Crippen molar-refractivity contribution >= 4 is 35.0 Å². The normalized spacial score (nSPS) is 11.8. The first-order chi connectivity index (χ1) is 6.37. The highest BCUT2D eigenvalue weighted by Gasteiger charge is 2.11. The minimum absolute atomic E-state index is 0.299. The zero-order valence-electron chi connectivity index (χ0n) is 8.47. The van der Waals surface area contributed by atoms with Crippen molar-refractivity contribution in [3.63, 3.8) is 0 Å². The van der Waals surface area contributed by atoms with Gasteiger partial charge < -0.3 is 0 Å². The van der Waals surface area contributed by atoms with Crippen molar-refractivity contribution in [1.29, 1.82) is 0 Å². The molecule has 1 aromatic rings. The molecule has 4 heteroatoms. The maximum absolute atomic E-state index is 5.79. The summed E-state index contributed by atoms with van der Waals surface area (Å²) in [5.74, 6) is 1.03. The first kappa shape index (κ1) is 12.2. The summed E-state index contributed by atoms with van der Waals surface area (Å²) in [4.78, 5) is 4.97. The van der Waals surface area contributed by atoms with E-state index in [0.717, 1.165) is 10.6 Å². The predicted molar refractivity (Wildman–Crippen MR) is 64.4 cm³/mol. The third-order valence-electron chi connectivity index (χ3n) is 1.41. The number of aromatic nitrogens is 1. The Kier molecular flexibility index (Phi) is 4.11. The fourth-order valence-electron chi connectivity index (χ4n) is 0.826. The minimum Gasteiger partial charge on any atom is -0.224 e. The first-order valence-electron chi connectivity index (χ1n) is 4.33. The molecule has 0 aromatic carbocycles. The number of hydrogen-bond acceptors (Lipinski definition) is 2. The van der Waals surface area contributed by atoms with Crippen molar-refractivity contribution in [2.45, 2.75) is 25.7 Å². The summed E-state index contributed by atoms with van der Waals surface area (Å²) < 4.78 is 0. The zero-order chi connectivity index (χ0) is 10.8. The molecule has 1 rings (SSSR count). The molecule has 14 heavy (non-hydrogen) atoms. The first-order valence-corrected chi connectivity index (χ1v) is 6.07. The Hall–Kier alpha value is 0.0800. The highest BCUT2D eigenvalue weighted by atomic mass is 35.5. The van der Waals surface area contributed by atoms with E-state index < -0.39 is 0 Å². The molecule has 0 fully saturated rings. The van der Waals surface area contributed by atoms with E-state index in [9.17, 15) is 0 Å². The van der Waals surface area contributed by atoms with Crippen molar-refractivity contribution < 1.29 is 0 Å². The average molecular weight is 250 g/mol. The van der Waals surface area contributed by atoms with Gasteiger partial charge in [-0.25, -0.2) is 4.98 Å². The van der Waals surface area contributed by atoms with Crippen LogP contribution in [-0.2, 0) is 0 Å². The van der Waals surface area contributed by atoms with Crippen LogP contribution in [0.5, 0.6) is 0 Å². The van der Waals surface area contributed by atoms with Crippen LogP contribution in [0.1, 0.15) is 20.8 Å². The summed E-state index contributed by atoms with van der Waals surface area (Å²) in [6.07, 6.45) is 0. The van der Waals surface area contributed by atoms with E-state index in [2.05, 4.69) is 25.8 Å². The second-order valence-corrected chi connectivity index (χ2v) is 6.12. The van der Waals surface area contributed by atoms with Crippen molar-refractivity contribution in [2.75, 3.05) is 5.75 Å². The van der Waals surface area contributed by atoms with E-state index in [0.29, 0.717) is 15.7 Å². The Bertz CT molecular complexity index is 300. The van der Waals surface area contributed by atoms with Gasteiger partial charge in [-0.2, -0.15) is 0 Å². The Morgan fingerprint density at radius 1 is 1.21 bits per heavy atom. The molecule has 0 aliphatic carbocycles. The van der Waals surface area contributed by atoms with Gasteiger partial charge in [0.15, 0.2) is 0 Å². The molecule has 0 unspecified atom stereocenters. The topological polar surface area (TPSA) is 12.9 Å². The van der Waals surface area contributed by atoms with Crippen molar-refractivity contribution in [1.82, 2.24) is 4.98 Å². The number of pyridine rings is 1. The number of nitrogens with zero attached hydrogens (tertiary/aromatic N) is 1. The number of halogens is 2. The molecular formula is C10H13Cl2NS. The molecule has 0 atom stereocenters. The molecule has 0 saturated carbocycles. The molecule has 0 radical (unpaired) electrons. The largest absolute Gasteiger partial charge is 0.224 e. The van der Waals surface area contributed by atoms with Gasteiger partial charge in [-0.1, -0.05) is 44.0 Å². The fraction of sp³-hybridized carbons (Fsp3) is 0.500. The van der Waals surface area contributed by atoms with Gasteiger partial charge in [-0.3, -0.25) is 0 Å². The lowest BCUT2D eigenvalue weighted by Gasteiger charge is -2.17. The molecule has 0 N–H and O–H groups in total. The van der Waals surface area contributed by atoms with E-state index >= 15 is 0 Å². The van der Waals surface area contributed by atoms with Crippen molar-refractivity contribution in [2.24, 2.45) is 5.41 Å². The van der Waals surface area contributed by atoms with Gasteiger partial charge in [0.25, 0.3) is 0 Å². The van der Waals surface area contributed by atoms with Gasteiger partial charge in [0.2, 0.25) is 0 Å². The number of hydrogen-bond donors (Lipinski definition) is 0. The van der Waals surface area contributed by atoms with Gasteiger partial charge in [0.05, 0.1) is 0 Å². The maximum Gasteiger partial charge on any atom is 0.131 e. The Morgan fingerprint density at radius 2 is 1.71 bits per heavy atom. The van der Waals surface area contributed by atoms with Crippen LogP contribution in [0.3, 0.4) is 0 Å². The number of rotatable bonds is 2. The van der Waals surface area contributed by atoms with E-state index in [-0.39, 0.29) is 0 Å². The second kappa shape index (κ2) is 4.73. The molecule has 1 heterocycles. The summed E-state index contributed by atoms with van der Waals surface area (Å²) in [6, 6.07) is 3.67. The van der Waals surface area contributed by atoms with Gasteiger partial charge in [-0.15, -0.1) is 11.8 Å². The van der Waals surface area contributed by atoms with Crippen LogP contribution < -0.4 is 0 Å². The van der Waals surface area contributed by atoms with Gasteiger partial charge in [-0.05, 0) is 17.5 Å². The molecule has 0 spiro atoms. The average Bonchev–Trinajstić information content (AvgIpc) is 1.97. The summed E-state index contributed by atoms with van der Waals surface area (Å²) in [5, 5.41) is 0.905. The quantitative estimate of drug-likeness (QED) is 0.565. The molecule has 1 nitrogen and oxygen atoms in total. The summed E-state index contributed by atoms with van der Waals surface area (Å²) in [6.45, 7) is 6.60. The van der Waals surface area contributed by atoms with Gasteiger partial charge in [0.1, 0.15) is 10.3 Å². The van der Waals surface area contributed by atoms with E-state index in [4.69, 9.17) is 23.2 Å². The third kappa shape index (κ3) is 4.54. The summed E-state index contributed by atoms with van der Waals surface area (Å²) in [7, 11) is 0. The highest BCUT2D eigenvalue weighted by Crippen LogP contribution is 2.29. The van der Waals surface area contributed by atoms with E-state index in [1.54, 1.807) is 11.8 Å². The van der Waals surface area contributed by atoms with Crippen LogP contribution in [0.15, 0.2) is 17.0 Å². The lowest BCUT2D eigenvalue weighted by molar-refractivity contribution is 0.481. The molecule has 0 amide bonds. The second-order valence-electron chi connectivity index (χ2n) is 4.30. The zero-order valence-corrected chi connectivity index (χ0v) is 10.8. The fourth-order valence-corrected chi connectivity index (χ4v) is 2.41. The Labute approximate surface area is 99.2 Å². The molecule has 0 saturated heterocycles. The van der Waals surface area contributed by atoms with Gasteiger partial charge >= 0.3 is 0 Å².